The van der Waals surface area contributed by atoms with Crippen LogP contribution in [0.4, 0.5) is 4.79 Å². The highest BCUT2D eigenvalue weighted by molar-refractivity contribution is 7.09. The van der Waals surface area contributed by atoms with Crippen LogP contribution in [0.3, 0.4) is 0 Å². The molecule has 0 aliphatic rings. The van der Waals surface area contributed by atoms with Crippen molar-refractivity contribution in [1.29, 1.82) is 0 Å². The summed E-state index contributed by atoms with van der Waals surface area (Å²) in [7, 11) is 5.98. The number of hydrogen-bond donors (Lipinski definition) is 2. The molecule has 0 radical (unpaired) electrons. The molecule has 1 aromatic heterocycles. The molecule has 2 N–H and O–H groups in total. The summed E-state index contributed by atoms with van der Waals surface area (Å²) >= 11 is 1.61. The van der Waals surface area contributed by atoms with Gasteiger partial charge in [-0.15, -0.1) is 11.3 Å². The number of amides is 3. The molecule has 1 heterocycles. The molecule has 3 atom stereocenters. The zero-order valence-electron chi connectivity index (χ0n) is 26.3. The van der Waals surface area contributed by atoms with Crippen molar-refractivity contribution in [3.8, 4) is 0 Å². The van der Waals surface area contributed by atoms with Crippen molar-refractivity contribution < 1.29 is 9.59 Å². The summed E-state index contributed by atoms with van der Waals surface area (Å²) in [6.07, 6.45) is 3.46. The second kappa shape index (κ2) is 16.4. The molecule has 0 saturated carbocycles. The number of nitrogens with zero attached hydrogens (tertiary/aromatic N) is 3. The van der Waals surface area contributed by atoms with Gasteiger partial charge in [0.1, 0.15) is 6.04 Å². The van der Waals surface area contributed by atoms with Crippen molar-refractivity contribution >= 4 is 23.3 Å². The smallest absolute Gasteiger partial charge is 0.318 e. The van der Waals surface area contributed by atoms with Crippen molar-refractivity contribution in [1.82, 2.24) is 25.4 Å². The maximum atomic E-state index is 13.7. The molecule has 0 fully saturated rings. The van der Waals surface area contributed by atoms with E-state index in [0.29, 0.717) is 18.5 Å². The molecule has 3 rings (SSSR count). The third-order valence-electron chi connectivity index (χ3n) is 7.60. The molecule has 3 aromatic rings. The minimum atomic E-state index is -0.645. The lowest BCUT2D eigenvalue weighted by Crippen LogP contribution is -2.54. The predicted molar refractivity (Wildman–Crippen MR) is 174 cm³/mol. The lowest BCUT2D eigenvalue weighted by Gasteiger charge is -2.30. The minimum Gasteiger partial charge on any atom is -0.351 e. The van der Waals surface area contributed by atoms with Gasteiger partial charge in [0, 0.05) is 30.4 Å². The Balaban J connectivity index is 1.67. The quantitative estimate of drug-likeness (QED) is 0.224. The number of urea groups is 1. The highest BCUT2D eigenvalue weighted by atomic mass is 32.1. The summed E-state index contributed by atoms with van der Waals surface area (Å²) in [5, 5.41) is 9.36. The van der Waals surface area contributed by atoms with Crippen LogP contribution in [0.5, 0.6) is 0 Å². The molecule has 7 nitrogen and oxygen atoms in total. The summed E-state index contributed by atoms with van der Waals surface area (Å²) < 4.78 is 0. The van der Waals surface area contributed by atoms with Gasteiger partial charge in [0.15, 0.2) is 0 Å². The summed E-state index contributed by atoms with van der Waals surface area (Å²) in [4.78, 5) is 35.3. The molecule has 0 aliphatic heterocycles. The summed E-state index contributed by atoms with van der Waals surface area (Å²) in [6, 6.07) is 20.2. The second-order valence-electron chi connectivity index (χ2n) is 12.1. The molecular formula is C34H49N5O2S. The molecule has 0 aliphatic carbocycles. The first-order valence-electron chi connectivity index (χ1n) is 15.0. The normalized spacial score (nSPS) is 13.7. The summed E-state index contributed by atoms with van der Waals surface area (Å²) in [5.41, 5.74) is 3.35. The predicted octanol–water partition coefficient (Wildman–Crippen LogP) is 6.11. The third kappa shape index (κ3) is 10.6. The third-order valence-corrected chi connectivity index (χ3v) is 8.80. The van der Waals surface area contributed by atoms with Gasteiger partial charge in [0.2, 0.25) is 5.91 Å². The molecule has 8 heteroatoms. The van der Waals surface area contributed by atoms with E-state index in [1.165, 1.54) is 11.1 Å². The average molecular weight is 592 g/mol. The zero-order valence-corrected chi connectivity index (χ0v) is 27.2. The molecule has 42 heavy (non-hydrogen) atoms. The van der Waals surface area contributed by atoms with Crippen LogP contribution in [0, 0.1) is 5.92 Å². The van der Waals surface area contributed by atoms with Gasteiger partial charge in [-0.3, -0.25) is 4.79 Å². The maximum Gasteiger partial charge on any atom is 0.318 e. The minimum absolute atomic E-state index is 0.0570. The van der Waals surface area contributed by atoms with E-state index in [0.717, 1.165) is 36.4 Å². The van der Waals surface area contributed by atoms with E-state index in [1.807, 2.05) is 43.5 Å². The fraction of sp³-hybridized carbons (Fsp3) is 0.500. The first kappa shape index (κ1) is 33.3. The Hall–Kier alpha value is -3.23. The fourth-order valence-electron chi connectivity index (χ4n) is 4.99. The number of nitrogens with one attached hydrogen (secondary N) is 2. The van der Waals surface area contributed by atoms with Crippen LogP contribution in [0.25, 0.3) is 0 Å². The van der Waals surface area contributed by atoms with Crippen LogP contribution in [0.2, 0.25) is 0 Å². The highest BCUT2D eigenvalue weighted by Crippen LogP contribution is 2.20. The fourth-order valence-corrected chi connectivity index (χ4v) is 5.82. The molecule has 0 saturated heterocycles. The number of thiazole rings is 1. The van der Waals surface area contributed by atoms with Gasteiger partial charge in [-0.2, -0.15) is 0 Å². The average Bonchev–Trinajstić information content (AvgIpc) is 3.43. The van der Waals surface area contributed by atoms with Crippen molar-refractivity contribution in [3.63, 3.8) is 0 Å². The number of rotatable bonds is 15. The molecule has 0 unspecified atom stereocenters. The van der Waals surface area contributed by atoms with E-state index in [2.05, 4.69) is 84.9 Å². The maximum absolute atomic E-state index is 13.7. The molecule has 0 bridgehead atoms. The Labute approximate surface area is 256 Å². The van der Waals surface area contributed by atoms with Crippen LogP contribution in [-0.4, -0.2) is 66.0 Å². The lowest BCUT2D eigenvalue weighted by atomic mass is 9.94. The summed E-state index contributed by atoms with van der Waals surface area (Å²) in [5.74, 6) is 0.138. The SMILES string of the molecule is CC(C)c1nc(CN(C)C(=O)N[C@H](C(=O)N[C@H](CC[C@H](Cc2ccccc2)N(C)C)Cc2ccccc2)C(C)C)cs1. The van der Waals surface area contributed by atoms with Crippen LogP contribution < -0.4 is 10.6 Å². The van der Waals surface area contributed by atoms with E-state index < -0.39 is 6.04 Å². The number of carbonyl (C=O) groups excluding carboxylic acids is 2. The van der Waals surface area contributed by atoms with Gasteiger partial charge in [-0.25, -0.2) is 9.78 Å². The monoisotopic (exact) mass is 591 g/mol. The number of aromatic nitrogens is 1. The van der Waals surface area contributed by atoms with Crippen molar-refractivity contribution in [2.24, 2.45) is 5.92 Å². The van der Waals surface area contributed by atoms with Crippen LogP contribution in [-0.2, 0) is 24.2 Å². The Kier molecular flexibility index (Phi) is 13.0. The standard InChI is InChI=1S/C34H49N5O2S/c1-24(2)31(37-34(41)39(7)22-29-23-42-33(36-29)25(3)4)32(40)35-28(20-26-14-10-8-11-15-26)18-19-30(38(5)6)21-27-16-12-9-13-17-27/h8-17,23-25,28,30-31H,18-22H2,1-7H3,(H,35,40)(H,37,41)/t28-,30-,31+/m1/s1. The zero-order chi connectivity index (χ0) is 30.6. The van der Waals surface area contributed by atoms with Gasteiger partial charge in [0.25, 0.3) is 0 Å². The van der Waals surface area contributed by atoms with Crippen LogP contribution in [0.1, 0.15) is 68.3 Å². The number of carbonyl (C=O) groups is 2. The van der Waals surface area contributed by atoms with E-state index in [4.69, 9.17) is 0 Å². The van der Waals surface area contributed by atoms with Gasteiger partial charge >= 0.3 is 6.03 Å². The Bertz CT molecular complexity index is 1230. The first-order valence-corrected chi connectivity index (χ1v) is 15.9. The van der Waals surface area contributed by atoms with E-state index >= 15 is 0 Å². The van der Waals surface area contributed by atoms with Gasteiger partial charge < -0.3 is 20.4 Å². The lowest BCUT2D eigenvalue weighted by molar-refractivity contribution is -0.124. The Morgan fingerprint density at radius 3 is 1.95 bits per heavy atom. The second-order valence-corrected chi connectivity index (χ2v) is 13.0. The van der Waals surface area contributed by atoms with Gasteiger partial charge in [-0.1, -0.05) is 88.4 Å². The number of hydrogen-bond acceptors (Lipinski definition) is 5. The van der Waals surface area contributed by atoms with E-state index in [-0.39, 0.29) is 23.9 Å². The highest BCUT2D eigenvalue weighted by Gasteiger charge is 2.28. The topological polar surface area (TPSA) is 77.6 Å². The van der Waals surface area contributed by atoms with Crippen LogP contribution >= 0.6 is 11.3 Å². The number of likely N-dealkylation sites (N-methyl/N-ethyl adjacent to an activating group) is 1. The van der Waals surface area contributed by atoms with Crippen molar-refractivity contribution in [2.75, 3.05) is 21.1 Å². The van der Waals surface area contributed by atoms with E-state index in [1.54, 1.807) is 23.3 Å². The largest absolute Gasteiger partial charge is 0.351 e. The number of benzene rings is 2. The van der Waals surface area contributed by atoms with Gasteiger partial charge in [0.05, 0.1) is 17.2 Å². The molecule has 0 spiro atoms. The van der Waals surface area contributed by atoms with Crippen molar-refractivity contribution in [3.05, 3.63) is 87.9 Å². The molecular weight excluding hydrogens is 542 g/mol. The van der Waals surface area contributed by atoms with Crippen LogP contribution in [0.15, 0.2) is 66.0 Å². The van der Waals surface area contributed by atoms with E-state index in [9.17, 15) is 9.59 Å². The van der Waals surface area contributed by atoms with Gasteiger partial charge in [-0.05, 0) is 56.8 Å². The molecule has 228 valence electrons. The molecule has 3 amide bonds. The molecule has 2 aromatic carbocycles. The van der Waals surface area contributed by atoms with Crippen molar-refractivity contribution in [2.45, 2.75) is 84.0 Å². The Morgan fingerprint density at radius 2 is 1.43 bits per heavy atom. The Morgan fingerprint density at radius 1 is 0.833 bits per heavy atom. The first-order chi connectivity index (χ1) is 20.0. The summed E-state index contributed by atoms with van der Waals surface area (Å²) in [6.45, 7) is 8.55.